The van der Waals surface area contributed by atoms with Crippen molar-refractivity contribution in [1.82, 2.24) is 19.9 Å². The van der Waals surface area contributed by atoms with E-state index in [1.165, 1.54) is 12.7 Å². The van der Waals surface area contributed by atoms with Crippen molar-refractivity contribution in [2.75, 3.05) is 20.8 Å². The van der Waals surface area contributed by atoms with Crippen LogP contribution in [0.2, 0.25) is 5.15 Å². The number of methoxy groups -OCH3 is 2. The molecule has 0 fully saturated rings. The second-order valence-electron chi connectivity index (χ2n) is 6.44. The average Bonchev–Trinajstić information content (AvgIpc) is 2.67. The van der Waals surface area contributed by atoms with Crippen molar-refractivity contribution in [2.24, 2.45) is 0 Å². The molecule has 0 spiro atoms. The van der Waals surface area contributed by atoms with Gasteiger partial charge >= 0.3 is 0 Å². The third-order valence-electron chi connectivity index (χ3n) is 4.81. The number of ether oxygens (including phenoxy) is 2. The van der Waals surface area contributed by atoms with Crippen molar-refractivity contribution >= 4 is 22.5 Å². The molecular formula is C19H19ClN4O3. The Morgan fingerprint density at radius 2 is 2.04 bits per heavy atom. The predicted octanol–water partition coefficient (Wildman–Crippen LogP) is 2.55. The van der Waals surface area contributed by atoms with Crippen molar-refractivity contribution in [2.45, 2.75) is 19.5 Å². The molecule has 0 aliphatic carbocycles. The number of aromatic nitrogens is 3. The number of halogens is 1. The van der Waals surface area contributed by atoms with Gasteiger partial charge in [0.15, 0.2) is 11.5 Å². The zero-order valence-corrected chi connectivity index (χ0v) is 15.8. The quantitative estimate of drug-likeness (QED) is 0.694. The first-order valence-electron chi connectivity index (χ1n) is 8.58. The molecule has 1 aliphatic rings. The molecule has 0 bridgehead atoms. The average molecular weight is 387 g/mol. The Morgan fingerprint density at radius 3 is 2.81 bits per heavy atom. The molecule has 0 atom stereocenters. The van der Waals surface area contributed by atoms with Crippen molar-refractivity contribution in [3.63, 3.8) is 0 Å². The van der Waals surface area contributed by atoms with Crippen LogP contribution in [0.5, 0.6) is 11.5 Å². The van der Waals surface area contributed by atoms with Gasteiger partial charge in [-0.25, -0.2) is 9.97 Å². The van der Waals surface area contributed by atoms with E-state index in [-0.39, 0.29) is 5.56 Å². The summed E-state index contributed by atoms with van der Waals surface area (Å²) in [6.07, 6.45) is 2.63. The molecule has 3 heterocycles. The molecule has 7 nitrogen and oxygen atoms in total. The van der Waals surface area contributed by atoms with Crippen LogP contribution in [0.4, 0.5) is 0 Å². The number of pyridine rings is 1. The van der Waals surface area contributed by atoms with Gasteiger partial charge in [-0.15, -0.1) is 0 Å². The van der Waals surface area contributed by atoms with Crippen LogP contribution in [-0.2, 0) is 19.5 Å². The number of hydrogen-bond acceptors (Lipinski definition) is 6. The maximum atomic E-state index is 12.5. The van der Waals surface area contributed by atoms with Crippen LogP contribution in [-0.4, -0.2) is 40.6 Å². The van der Waals surface area contributed by atoms with Gasteiger partial charge in [0.2, 0.25) is 0 Å². The molecule has 140 valence electrons. The first-order valence-corrected chi connectivity index (χ1v) is 8.96. The molecule has 1 aromatic carbocycles. The molecule has 1 aliphatic heterocycles. The van der Waals surface area contributed by atoms with Crippen LogP contribution >= 0.6 is 11.6 Å². The monoisotopic (exact) mass is 386 g/mol. The summed E-state index contributed by atoms with van der Waals surface area (Å²) in [5.74, 6) is 1.64. The minimum Gasteiger partial charge on any atom is -0.493 e. The third-order valence-corrected chi connectivity index (χ3v) is 5.14. The second kappa shape index (κ2) is 7.17. The van der Waals surface area contributed by atoms with Crippen LogP contribution < -0.4 is 15.0 Å². The van der Waals surface area contributed by atoms with E-state index in [0.717, 1.165) is 18.5 Å². The molecule has 0 radical (unpaired) electrons. The molecule has 0 amide bonds. The van der Waals surface area contributed by atoms with Gasteiger partial charge in [-0.1, -0.05) is 11.6 Å². The van der Waals surface area contributed by atoms with E-state index in [1.54, 1.807) is 25.4 Å². The van der Waals surface area contributed by atoms with Crippen LogP contribution in [0.1, 0.15) is 17.0 Å². The lowest BCUT2D eigenvalue weighted by atomic mass is 10.0. The fraction of sp³-hybridized carbons (Fsp3) is 0.316. The number of H-pyrrole nitrogens is 1. The number of fused-ring (bicyclic) bond motifs is 2. The highest BCUT2D eigenvalue weighted by atomic mass is 35.5. The summed E-state index contributed by atoms with van der Waals surface area (Å²) in [6, 6.07) is 5.37. The van der Waals surface area contributed by atoms with E-state index < -0.39 is 0 Å². The van der Waals surface area contributed by atoms with E-state index in [2.05, 4.69) is 19.9 Å². The summed E-state index contributed by atoms with van der Waals surface area (Å²) in [4.78, 5) is 26.4. The van der Waals surface area contributed by atoms with Gasteiger partial charge in [0.1, 0.15) is 11.0 Å². The topological polar surface area (TPSA) is 80.3 Å². The van der Waals surface area contributed by atoms with Crippen molar-refractivity contribution in [3.8, 4) is 11.5 Å². The summed E-state index contributed by atoms with van der Waals surface area (Å²) in [5.41, 5.74) is 2.64. The van der Waals surface area contributed by atoms with Crippen LogP contribution in [0.3, 0.4) is 0 Å². The molecule has 2 aromatic heterocycles. The van der Waals surface area contributed by atoms with Gasteiger partial charge < -0.3 is 14.5 Å². The highest BCUT2D eigenvalue weighted by Gasteiger charge is 2.20. The molecule has 27 heavy (non-hydrogen) atoms. The predicted molar refractivity (Wildman–Crippen MR) is 103 cm³/mol. The van der Waals surface area contributed by atoms with Crippen molar-refractivity contribution in [1.29, 1.82) is 0 Å². The van der Waals surface area contributed by atoms with Gasteiger partial charge in [-0.3, -0.25) is 9.69 Å². The molecular weight excluding hydrogens is 368 g/mol. The molecule has 4 rings (SSSR count). The van der Waals surface area contributed by atoms with Crippen LogP contribution in [0.25, 0.3) is 10.9 Å². The smallest absolute Gasteiger partial charge is 0.258 e. The van der Waals surface area contributed by atoms with Gasteiger partial charge in [0.25, 0.3) is 5.56 Å². The Hall–Kier alpha value is -2.64. The Labute approximate surface area is 160 Å². The molecule has 3 aromatic rings. The lowest BCUT2D eigenvalue weighted by Gasteiger charge is -2.28. The minimum absolute atomic E-state index is 0.201. The van der Waals surface area contributed by atoms with E-state index in [9.17, 15) is 4.79 Å². The zero-order valence-electron chi connectivity index (χ0n) is 15.1. The van der Waals surface area contributed by atoms with E-state index in [4.69, 9.17) is 21.1 Å². The lowest BCUT2D eigenvalue weighted by molar-refractivity contribution is 0.239. The number of aromatic amines is 1. The van der Waals surface area contributed by atoms with Gasteiger partial charge in [-0.05, 0) is 24.1 Å². The summed E-state index contributed by atoms with van der Waals surface area (Å²) in [6.45, 7) is 2.06. The molecule has 0 saturated heterocycles. The lowest BCUT2D eigenvalue weighted by Crippen LogP contribution is -2.31. The van der Waals surface area contributed by atoms with Gasteiger partial charge in [0.05, 0.1) is 31.7 Å². The third kappa shape index (κ3) is 3.36. The largest absolute Gasteiger partial charge is 0.493 e. The molecule has 1 N–H and O–H groups in total. The summed E-state index contributed by atoms with van der Waals surface area (Å²) in [7, 11) is 3.09. The van der Waals surface area contributed by atoms with Crippen molar-refractivity contribution in [3.05, 3.63) is 56.9 Å². The normalized spacial score (nSPS) is 14.2. The number of nitrogens with one attached hydrogen (secondary N) is 1. The number of benzene rings is 1. The summed E-state index contributed by atoms with van der Waals surface area (Å²) >= 11 is 6.24. The minimum atomic E-state index is -0.201. The molecule has 8 heteroatoms. The van der Waals surface area contributed by atoms with Gasteiger partial charge in [0, 0.05) is 30.9 Å². The zero-order chi connectivity index (χ0) is 19.0. The molecule has 0 saturated carbocycles. The first kappa shape index (κ1) is 17.8. The number of nitrogens with zero attached hydrogens (tertiary/aromatic N) is 3. The first-order chi connectivity index (χ1) is 13.1. The maximum Gasteiger partial charge on any atom is 0.258 e. The highest BCUT2D eigenvalue weighted by molar-refractivity contribution is 6.30. The standard InChI is InChI=1S/C19H19ClN4O3/c1-26-15-7-12-14(8-16(15)27-2)22-17(23-19(12)25)10-24-6-4-11-3-5-21-18(20)13(11)9-24/h3,5,7-8H,4,6,9-10H2,1-2H3,(H,22,23,25). The number of rotatable bonds is 4. The highest BCUT2D eigenvalue weighted by Crippen LogP contribution is 2.30. The van der Waals surface area contributed by atoms with E-state index >= 15 is 0 Å². The molecule has 0 unspecified atom stereocenters. The van der Waals surface area contributed by atoms with Crippen molar-refractivity contribution < 1.29 is 9.47 Å². The second-order valence-corrected chi connectivity index (χ2v) is 6.80. The Morgan fingerprint density at radius 1 is 1.26 bits per heavy atom. The summed E-state index contributed by atoms with van der Waals surface area (Å²) < 4.78 is 10.6. The Kier molecular flexibility index (Phi) is 4.72. The Balaban J connectivity index is 1.65. The summed E-state index contributed by atoms with van der Waals surface area (Å²) in [5, 5.41) is 1.00. The SMILES string of the molecule is COc1cc2nc(CN3CCc4ccnc(Cl)c4C3)[nH]c(=O)c2cc1OC. The van der Waals surface area contributed by atoms with Gasteiger partial charge in [-0.2, -0.15) is 0 Å². The van der Waals surface area contributed by atoms with Crippen LogP contribution in [0, 0.1) is 0 Å². The number of hydrogen-bond donors (Lipinski definition) is 1. The van der Waals surface area contributed by atoms with E-state index in [1.807, 2.05) is 6.07 Å². The van der Waals surface area contributed by atoms with Crippen LogP contribution in [0.15, 0.2) is 29.2 Å². The van der Waals surface area contributed by atoms with E-state index in [0.29, 0.717) is 46.5 Å². The Bertz CT molecular complexity index is 1070. The maximum absolute atomic E-state index is 12.5. The fourth-order valence-electron chi connectivity index (χ4n) is 3.42. The fourth-order valence-corrected chi connectivity index (χ4v) is 3.66.